The molecular weight excluding hydrogens is 429 g/mol. The van der Waals surface area contributed by atoms with Crippen molar-refractivity contribution < 1.29 is 32.6 Å². The molecule has 8 nitrogen and oxygen atoms in total. The fourth-order valence-corrected chi connectivity index (χ4v) is 3.30. The Morgan fingerprint density at radius 2 is 1.88 bits per heavy atom. The molecule has 2 aromatic rings. The molecule has 174 valence electrons. The molecule has 3 N–H and O–H groups in total. The van der Waals surface area contributed by atoms with Crippen molar-refractivity contribution in [3.63, 3.8) is 0 Å². The predicted molar refractivity (Wildman–Crippen MR) is 111 cm³/mol. The normalized spacial score (nSPS) is 12.7. The topological polar surface area (TPSA) is 113 Å². The molecule has 32 heavy (non-hydrogen) atoms. The summed E-state index contributed by atoms with van der Waals surface area (Å²) in [6, 6.07) is 4.95. The Morgan fingerprint density at radius 1 is 1.19 bits per heavy atom. The van der Waals surface area contributed by atoms with E-state index in [2.05, 4.69) is 20.6 Å². The second-order valence-electron chi connectivity index (χ2n) is 8.11. The monoisotopic (exact) mass is 454 g/mol. The minimum Gasteiger partial charge on any atom is -0.493 e. The van der Waals surface area contributed by atoms with Crippen LogP contribution in [0.2, 0.25) is 0 Å². The Balaban J connectivity index is 2.23. The molecule has 0 aliphatic heterocycles. The fraction of sp³-hybridized carbons (Fsp3) is 0.429. The third kappa shape index (κ3) is 7.40. The van der Waals surface area contributed by atoms with Crippen LogP contribution in [0.1, 0.15) is 39.7 Å². The van der Waals surface area contributed by atoms with Gasteiger partial charge in [0.2, 0.25) is 5.91 Å². The highest BCUT2D eigenvalue weighted by atomic mass is 19.4. The van der Waals surface area contributed by atoms with Crippen LogP contribution in [0.3, 0.4) is 0 Å². The van der Waals surface area contributed by atoms with Crippen LogP contribution >= 0.6 is 0 Å². The number of benzene rings is 1. The molecule has 2 amide bonds. The fourth-order valence-electron chi connectivity index (χ4n) is 3.30. The maximum atomic E-state index is 13.7. The van der Waals surface area contributed by atoms with E-state index < -0.39 is 23.4 Å². The quantitative estimate of drug-likeness (QED) is 0.538. The van der Waals surface area contributed by atoms with Gasteiger partial charge in [-0.1, -0.05) is 6.92 Å². The summed E-state index contributed by atoms with van der Waals surface area (Å²) < 4.78 is 46.5. The molecule has 0 unspecified atom stereocenters. The number of carboxylic acid groups (broad SMARTS) is 1. The second kappa shape index (κ2) is 9.84. The van der Waals surface area contributed by atoms with E-state index in [1.54, 1.807) is 20.8 Å². The lowest BCUT2D eigenvalue weighted by Gasteiger charge is -2.28. The van der Waals surface area contributed by atoms with Crippen LogP contribution in [-0.2, 0) is 11.0 Å². The zero-order valence-electron chi connectivity index (χ0n) is 18.1. The number of amides is 2. The van der Waals surface area contributed by atoms with Gasteiger partial charge in [0.05, 0.1) is 17.9 Å². The number of hydrogen-bond donors (Lipinski definition) is 3. The highest BCUT2D eigenvalue weighted by Crippen LogP contribution is 2.39. The SMILES string of the molecule is CC(=O)Nc1cc(-c2ccc(OC[C@@H](C)CC(C)(C)NC(=O)O)c(C(F)(F)F)c2)ncn1. The van der Waals surface area contributed by atoms with Gasteiger partial charge in [-0.05, 0) is 44.4 Å². The number of halogens is 3. The van der Waals surface area contributed by atoms with Crippen molar-refractivity contribution in [3.05, 3.63) is 36.2 Å². The lowest BCUT2D eigenvalue weighted by molar-refractivity contribution is -0.139. The van der Waals surface area contributed by atoms with Gasteiger partial charge in [-0.25, -0.2) is 14.8 Å². The molecule has 1 aromatic heterocycles. The third-order valence-electron chi connectivity index (χ3n) is 4.38. The first-order valence-electron chi connectivity index (χ1n) is 9.72. The Labute approximate surface area is 183 Å². The number of aromatic nitrogens is 2. The molecule has 0 saturated heterocycles. The average molecular weight is 454 g/mol. The van der Waals surface area contributed by atoms with Crippen molar-refractivity contribution in [2.45, 2.75) is 45.8 Å². The lowest BCUT2D eigenvalue weighted by Crippen LogP contribution is -2.44. The van der Waals surface area contributed by atoms with E-state index in [1.807, 2.05) is 0 Å². The largest absolute Gasteiger partial charge is 0.493 e. The van der Waals surface area contributed by atoms with Gasteiger partial charge in [0.15, 0.2) is 0 Å². The average Bonchev–Trinajstić information content (AvgIpc) is 2.63. The minimum absolute atomic E-state index is 0.0344. The number of rotatable bonds is 8. The first kappa shape index (κ1) is 24.9. The zero-order chi connectivity index (χ0) is 24.1. The first-order chi connectivity index (χ1) is 14.8. The van der Waals surface area contributed by atoms with Crippen molar-refractivity contribution in [1.29, 1.82) is 0 Å². The number of hydrogen-bond acceptors (Lipinski definition) is 5. The minimum atomic E-state index is -4.67. The molecule has 0 spiro atoms. The van der Waals surface area contributed by atoms with Crippen LogP contribution in [0, 0.1) is 5.92 Å². The maximum absolute atomic E-state index is 13.7. The van der Waals surface area contributed by atoms with E-state index in [0.29, 0.717) is 6.42 Å². The molecule has 1 atom stereocenters. The summed E-state index contributed by atoms with van der Waals surface area (Å²) in [6.45, 7) is 6.38. The van der Waals surface area contributed by atoms with Gasteiger partial charge in [-0.3, -0.25) is 4.79 Å². The van der Waals surface area contributed by atoms with Gasteiger partial charge in [-0.15, -0.1) is 0 Å². The maximum Gasteiger partial charge on any atom is 0.419 e. The zero-order valence-corrected chi connectivity index (χ0v) is 18.1. The first-order valence-corrected chi connectivity index (χ1v) is 9.72. The molecule has 0 aliphatic carbocycles. The van der Waals surface area contributed by atoms with Crippen LogP contribution in [0.5, 0.6) is 5.75 Å². The van der Waals surface area contributed by atoms with Crippen molar-refractivity contribution in [3.8, 4) is 17.0 Å². The van der Waals surface area contributed by atoms with Crippen molar-refractivity contribution in [2.75, 3.05) is 11.9 Å². The van der Waals surface area contributed by atoms with Crippen LogP contribution in [0.4, 0.5) is 23.8 Å². The number of ether oxygens (including phenoxy) is 1. The molecule has 11 heteroatoms. The third-order valence-corrected chi connectivity index (χ3v) is 4.38. The molecule has 2 rings (SSSR count). The Bertz CT molecular complexity index is 980. The lowest BCUT2D eigenvalue weighted by atomic mass is 9.92. The number of nitrogens with zero attached hydrogens (tertiary/aromatic N) is 2. The molecule has 1 heterocycles. The predicted octanol–water partition coefficient (Wildman–Crippen LogP) is 4.57. The van der Waals surface area contributed by atoms with E-state index in [1.165, 1.54) is 25.1 Å². The van der Waals surface area contributed by atoms with Crippen molar-refractivity contribution in [1.82, 2.24) is 15.3 Å². The Hall–Kier alpha value is -3.37. The van der Waals surface area contributed by atoms with Gasteiger partial charge >= 0.3 is 12.3 Å². The number of carbonyl (C=O) groups is 2. The van der Waals surface area contributed by atoms with Crippen molar-refractivity contribution >= 4 is 17.8 Å². The highest BCUT2D eigenvalue weighted by Gasteiger charge is 2.35. The number of alkyl halides is 3. The molecule has 0 radical (unpaired) electrons. The van der Waals surface area contributed by atoms with Crippen LogP contribution in [0.15, 0.2) is 30.6 Å². The van der Waals surface area contributed by atoms with Crippen LogP contribution < -0.4 is 15.4 Å². The Morgan fingerprint density at radius 3 is 2.47 bits per heavy atom. The summed E-state index contributed by atoms with van der Waals surface area (Å²) in [5.74, 6) is -0.763. The summed E-state index contributed by atoms with van der Waals surface area (Å²) in [7, 11) is 0. The molecular formula is C21H25F3N4O4. The highest BCUT2D eigenvalue weighted by molar-refractivity contribution is 5.88. The van der Waals surface area contributed by atoms with E-state index >= 15 is 0 Å². The van der Waals surface area contributed by atoms with E-state index in [4.69, 9.17) is 9.84 Å². The van der Waals surface area contributed by atoms with Gasteiger partial charge in [0.25, 0.3) is 0 Å². The molecule has 1 aromatic carbocycles. The van der Waals surface area contributed by atoms with Gasteiger partial charge in [-0.2, -0.15) is 13.2 Å². The molecule has 0 aliphatic rings. The van der Waals surface area contributed by atoms with Gasteiger partial charge in [0.1, 0.15) is 17.9 Å². The Kier molecular flexibility index (Phi) is 7.65. The van der Waals surface area contributed by atoms with Gasteiger partial charge in [0, 0.05) is 24.1 Å². The summed E-state index contributed by atoms with van der Waals surface area (Å²) in [5, 5.41) is 13.7. The van der Waals surface area contributed by atoms with Crippen molar-refractivity contribution in [2.24, 2.45) is 5.92 Å². The van der Waals surface area contributed by atoms with E-state index in [-0.39, 0.29) is 41.3 Å². The van der Waals surface area contributed by atoms with E-state index in [9.17, 15) is 22.8 Å². The second-order valence-corrected chi connectivity index (χ2v) is 8.11. The molecule has 0 fully saturated rings. The van der Waals surface area contributed by atoms with Crippen LogP contribution in [0.25, 0.3) is 11.3 Å². The summed E-state index contributed by atoms with van der Waals surface area (Å²) in [6.07, 6.45) is -4.34. The number of carbonyl (C=O) groups excluding carboxylic acids is 1. The summed E-state index contributed by atoms with van der Waals surface area (Å²) >= 11 is 0. The van der Waals surface area contributed by atoms with Gasteiger partial charge < -0.3 is 20.5 Å². The summed E-state index contributed by atoms with van der Waals surface area (Å²) in [4.78, 5) is 29.9. The standard InChI is InChI=1S/C21H25F3N4O4/c1-12(9-20(3,4)28-19(30)31)10-32-17-6-5-14(7-15(17)21(22,23)24)16-8-18(26-11-25-16)27-13(2)29/h5-8,11-12,28H,9-10H2,1-4H3,(H,30,31)(H,25,26,27,29)/t12-/m0/s1. The number of anilines is 1. The molecule has 0 saturated carbocycles. The van der Waals surface area contributed by atoms with E-state index in [0.717, 1.165) is 12.4 Å². The molecule has 0 bridgehead atoms. The number of nitrogens with one attached hydrogen (secondary N) is 2. The smallest absolute Gasteiger partial charge is 0.419 e. The summed E-state index contributed by atoms with van der Waals surface area (Å²) in [5.41, 5.74) is -1.34. The van der Waals surface area contributed by atoms with Crippen LogP contribution in [-0.4, -0.2) is 39.2 Å².